The molecule has 2 nitrogen and oxygen atoms in total. The van der Waals surface area contributed by atoms with Crippen LogP contribution in [0.25, 0.3) is 10.2 Å². The minimum absolute atomic E-state index is 0.662. The molecule has 0 N–H and O–H groups in total. The van der Waals surface area contributed by atoms with E-state index >= 15 is 0 Å². The Balaban J connectivity index is 2.16. The minimum Gasteiger partial charge on any atom is -0.411 e. The van der Waals surface area contributed by atoms with Gasteiger partial charge in [0.2, 0.25) is 0 Å². The fourth-order valence-corrected chi connectivity index (χ4v) is 2.81. The highest BCUT2D eigenvalue weighted by atomic mass is 32.1. The summed E-state index contributed by atoms with van der Waals surface area (Å²) in [5, 5.41) is 1.08. The predicted octanol–water partition coefficient (Wildman–Crippen LogP) is 3.65. The predicted molar refractivity (Wildman–Crippen MR) is 67.8 cm³/mol. The second-order valence-corrected chi connectivity index (χ2v) is 10.1. The molecule has 2 aromatic rings. The fourth-order valence-electron chi connectivity index (χ4n) is 1.26. The first-order chi connectivity index (χ1) is 7.04. The Hall–Kier alpha value is -0.713. The second kappa shape index (κ2) is 4.04. The van der Waals surface area contributed by atoms with Crippen molar-refractivity contribution < 1.29 is 4.43 Å². The average Bonchev–Trinajstić information content (AvgIpc) is 2.56. The zero-order valence-electron chi connectivity index (χ0n) is 9.28. The molecule has 15 heavy (non-hydrogen) atoms. The molecule has 1 aromatic heterocycles. The molecule has 0 aliphatic rings. The zero-order chi connectivity index (χ0) is 10.9. The Bertz CT molecular complexity index is 428. The van der Waals surface area contributed by atoms with Crippen LogP contribution in [0.4, 0.5) is 0 Å². The molecule has 0 atom stereocenters. The van der Waals surface area contributed by atoms with Gasteiger partial charge in [0.15, 0.2) is 8.32 Å². The summed E-state index contributed by atoms with van der Waals surface area (Å²) in [7, 11) is -1.42. The number of para-hydroxylation sites is 1. The lowest BCUT2D eigenvalue weighted by atomic mass is 10.3. The Morgan fingerprint density at radius 2 is 2.00 bits per heavy atom. The minimum atomic E-state index is -1.42. The molecule has 0 unspecified atom stereocenters. The smallest absolute Gasteiger partial charge is 0.184 e. The second-order valence-electron chi connectivity index (χ2n) is 4.48. The van der Waals surface area contributed by atoms with E-state index in [1.807, 2.05) is 18.2 Å². The van der Waals surface area contributed by atoms with Crippen molar-refractivity contribution in [2.24, 2.45) is 0 Å². The van der Waals surface area contributed by atoms with Gasteiger partial charge in [0, 0.05) is 0 Å². The Kier molecular flexibility index (Phi) is 2.91. The standard InChI is InChI=1S/C11H15NOSSi/c1-15(2,3)13-8-11-12-9-6-4-5-7-10(9)14-11/h4-7H,8H2,1-3H3. The molecule has 1 aromatic carbocycles. The van der Waals surface area contributed by atoms with Gasteiger partial charge in [0.25, 0.3) is 0 Å². The van der Waals surface area contributed by atoms with Gasteiger partial charge in [-0.05, 0) is 31.8 Å². The summed E-state index contributed by atoms with van der Waals surface area (Å²) >= 11 is 1.72. The van der Waals surface area contributed by atoms with Crippen molar-refractivity contribution in [2.45, 2.75) is 26.2 Å². The van der Waals surface area contributed by atoms with Crippen LogP contribution in [0.2, 0.25) is 19.6 Å². The summed E-state index contributed by atoms with van der Waals surface area (Å²) in [5.74, 6) is 0. The summed E-state index contributed by atoms with van der Waals surface area (Å²) < 4.78 is 7.07. The summed E-state index contributed by atoms with van der Waals surface area (Å²) in [6, 6.07) is 8.21. The van der Waals surface area contributed by atoms with Crippen LogP contribution in [0, 0.1) is 0 Å². The van der Waals surface area contributed by atoms with E-state index in [2.05, 4.69) is 30.7 Å². The summed E-state index contributed by atoms with van der Waals surface area (Å²) in [5.41, 5.74) is 1.08. The van der Waals surface area contributed by atoms with E-state index in [9.17, 15) is 0 Å². The van der Waals surface area contributed by atoms with Crippen molar-refractivity contribution in [3.63, 3.8) is 0 Å². The van der Waals surface area contributed by atoms with E-state index in [0.29, 0.717) is 6.61 Å². The summed E-state index contributed by atoms with van der Waals surface area (Å²) in [6.07, 6.45) is 0. The molecule has 4 heteroatoms. The van der Waals surface area contributed by atoms with Crippen molar-refractivity contribution in [3.8, 4) is 0 Å². The number of nitrogens with zero attached hydrogens (tertiary/aromatic N) is 1. The fraction of sp³-hybridized carbons (Fsp3) is 0.364. The molecule has 0 spiro atoms. The lowest BCUT2D eigenvalue weighted by Crippen LogP contribution is -2.24. The van der Waals surface area contributed by atoms with Gasteiger partial charge >= 0.3 is 0 Å². The van der Waals surface area contributed by atoms with Crippen molar-refractivity contribution in [1.29, 1.82) is 0 Å². The van der Waals surface area contributed by atoms with Crippen LogP contribution >= 0.6 is 11.3 Å². The van der Waals surface area contributed by atoms with Crippen molar-refractivity contribution in [2.75, 3.05) is 0 Å². The van der Waals surface area contributed by atoms with Crippen LogP contribution < -0.4 is 0 Å². The molecule has 0 radical (unpaired) electrons. The lowest BCUT2D eigenvalue weighted by molar-refractivity contribution is 0.299. The van der Waals surface area contributed by atoms with Gasteiger partial charge in [-0.3, -0.25) is 0 Å². The molecule has 0 fully saturated rings. The normalized spacial score (nSPS) is 12.2. The number of rotatable bonds is 3. The third kappa shape index (κ3) is 2.87. The Morgan fingerprint density at radius 1 is 1.27 bits per heavy atom. The van der Waals surface area contributed by atoms with Gasteiger partial charge in [0.05, 0.1) is 16.8 Å². The molecule has 0 saturated carbocycles. The first kappa shape index (κ1) is 10.8. The first-order valence-corrected chi connectivity index (χ1v) is 9.25. The highest BCUT2D eigenvalue weighted by molar-refractivity contribution is 7.18. The van der Waals surface area contributed by atoms with Gasteiger partial charge in [-0.1, -0.05) is 12.1 Å². The molecule has 0 aliphatic heterocycles. The zero-order valence-corrected chi connectivity index (χ0v) is 11.1. The van der Waals surface area contributed by atoms with E-state index in [0.717, 1.165) is 10.5 Å². The molecule has 80 valence electrons. The maximum absolute atomic E-state index is 5.83. The molecule has 2 rings (SSSR count). The summed E-state index contributed by atoms with van der Waals surface area (Å²) in [4.78, 5) is 4.53. The number of thiazole rings is 1. The van der Waals surface area contributed by atoms with Gasteiger partial charge in [-0.2, -0.15) is 0 Å². The van der Waals surface area contributed by atoms with Crippen LogP contribution in [-0.2, 0) is 11.0 Å². The molecule has 1 heterocycles. The van der Waals surface area contributed by atoms with Crippen LogP contribution in [0.15, 0.2) is 24.3 Å². The molecular weight excluding hydrogens is 222 g/mol. The molecule has 0 aliphatic carbocycles. The number of aromatic nitrogens is 1. The molecular formula is C11H15NOSSi. The largest absolute Gasteiger partial charge is 0.411 e. The van der Waals surface area contributed by atoms with Crippen LogP contribution in [0.5, 0.6) is 0 Å². The van der Waals surface area contributed by atoms with E-state index in [1.165, 1.54) is 4.70 Å². The van der Waals surface area contributed by atoms with E-state index in [1.54, 1.807) is 11.3 Å². The lowest BCUT2D eigenvalue weighted by Gasteiger charge is -2.15. The maximum atomic E-state index is 5.83. The van der Waals surface area contributed by atoms with Gasteiger partial charge in [-0.25, -0.2) is 4.98 Å². The Morgan fingerprint density at radius 3 is 2.67 bits per heavy atom. The van der Waals surface area contributed by atoms with Crippen LogP contribution in [-0.4, -0.2) is 13.3 Å². The summed E-state index contributed by atoms with van der Waals surface area (Å²) in [6.45, 7) is 7.25. The topological polar surface area (TPSA) is 22.1 Å². The molecule has 0 amide bonds. The number of benzene rings is 1. The van der Waals surface area contributed by atoms with Gasteiger partial charge in [-0.15, -0.1) is 11.3 Å². The van der Waals surface area contributed by atoms with E-state index in [-0.39, 0.29) is 0 Å². The quantitative estimate of drug-likeness (QED) is 0.760. The van der Waals surface area contributed by atoms with E-state index < -0.39 is 8.32 Å². The van der Waals surface area contributed by atoms with Crippen molar-refractivity contribution >= 4 is 29.9 Å². The van der Waals surface area contributed by atoms with E-state index in [4.69, 9.17) is 4.43 Å². The molecule has 0 saturated heterocycles. The van der Waals surface area contributed by atoms with Crippen LogP contribution in [0.3, 0.4) is 0 Å². The highest BCUT2D eigenvalue weighted by Crippen LogP contribution is 2.22. The van der Waals surface area contributed by atoms with Crippen molar-refractivity contribution in [1.82, 2.24) is 4.98 Å². The SMILES string of the molecule is C[Si](C)(C)OCc1nc2ccccc2s1. The van der Waals surface area contributed by atoms with Gasteiger partial charge in [0.1, 0.15) is 5.01 Å². The number of hydrogen-bond donors (Lipinski definition) is 0. The monoisotopic (exact) mass is 237 g/mol. The third-order valence-corrected chi connectivity index (χ3v) is 3.99. The number of fused-ring (bicyclic) bond motifs is 1. The molecule has 0 bridgehead atoms. The highest BCUT2D eigenvalue weighted by Gasteiger charge is 2.15. The first-order valence-electron chi connectivity index (χ1n) is 5.03. The third-order valence-electron chi connectivity index (χ3n) is 1.97. The van der Waals surface area contributed by atoms with Gasteiger partial charge < -0.3 is 4.43 Å². The number of hydrogen-bond acceptors (Lipinski definition) is 3. The van der Waals surface area contributed by atoms with Crippen LogP contribution in [0.1, 0.15) is 5.01 Å². The Labute approximate surface area is 95.1 Å². The van der Waals surface area contributed by atoms with Crippen molar-refractivity contribution in [3.05, 3.63) is 29.3 Å². The maximum Gasteiger partial charge on any atom is 0.184 e. The average molecular weight is 237 g/mol.